The van der Waals surface area contributed by atoms with Crippen LogP contribution in [0.5, 0.6) is 5.75 Å². The lowest BCUT2D eigenvalue weighted by molar-refractivity contribution is 0.100. The Morgan fingerprint density at radius 3 is 2.53 bits per heavy atom. The maximum atomic E-state index is 11.7. The molecule has 1 aliphatic heterocycles. The van der Waals surface area contributed by atoms with E-state index in [0.29, 0.717) is 5.56 Å². The molecule has 1 aliphatic rings. The number of amides is 1. The number of methoxy groups -OCH3 is 1. The summed E-state index contributed by atoms with van der Waals surface area (Å²) in [5.74, 6) is 0.532. The molecule has 4 nitrogen and oxygen atoms in total. The van der Waals surface area contributed by atoms with Crippen molar-refractivity contribution in [3.05, 3.63) is 29.8 Å². The van der Waals surface area contributed by atoms with Gasteiger partial charge in [0.15, 0.2) is 0 Å². The van der Waals surface area contributed by atoms with Crippen molar-refractivity contribution in [2.45, 2.75) is 12.8 Å². The van der Waals surface area contributed by atoms with Crippen LogP contribution in [0.3, 0.4) is 0 Å². The topological polar surface area (TPSA) is 41.9 Å². The normalized spacial score (nSPS) is 15.5. The molecule has 0 atom stereocenters. The quantitative estimate of drug-likeness (QED) is 0.591. The minimum atomic E-state index is -0.209. The first kappa shape index (κ1) is 11.6. The van der Waals surface area contributed by atoms with Gasteiger partial charge in [0.05, 0.1) is 13.4 Å². The van der Waals surface area contributed by atoms with E-state index in [0.717, 1.165) is 18.8 Å². The first-order valence-corrected chi connectivity index (χ1v) is 5.76. The number of rotatable bonds is 3. The molecule has 0 N–H and O–H groups in total. The van der Waals surface area contributed by atoms with Crippen LogP contribution in [0.1, 0.15) is 23.2 Å². The number of nitrogens with zero attached hydrogens (tertiary/aromatic N) is 2. The first-order chi connectivity index (χ1) is 8.29. The van der Waals surface area contributed by atoms with Gasteiger partial charge in [0.25, 0.3) is 5.91 Å². The lowest BCUT2D eigenvalue weighted by Crippen LogP contribution is -2.17. The van der Waals surface area contributed by atoms with Crippen molar-refractivity contribution >= 4 is 12.2 Å². The standard InChI is InChI=1S/C13H16N2O2/c1-17-12-6-4-11(5-7-12)13(16)14-10-15-8-2-3-9-15/h4-7,10H,2-3,8-9H2,1H3. The van der Waals surface area contributed by atoms with E-state index in [1.54, 1.807) is 37.7 Å². The van der Waals surface area contributed by atoms with E-state index < -0.39 is 0 Å². The lowest BCUT2D eigenvalue weighted by Gasteiger charge is -2.08. The highest BCUT2D eigenvalue weighted by molar-refractivity contribution is 5.98. The number of carbonyl (C=O) groups is 1. The number of aliphatic imine (C=N–C) groups is 1. The maximum absolute atomic E-state index is 11.7. The van der Waals surface area contributed by atoms with Crippen LogP contribution in [0, 0.1) is 0 Å². The summed E-state index contributed by atoms with van der Waals surface area (Å²) in [7, 11) is 1.60. The monoisotopic (exact) mass is 232 g/mol. The van der Waals surface area contributed by atoms with Gasteiger partial charge in [-0.2, -0.15) is 4.99 Å². The summed E-state index contributed by atoms with van der Waals surface area (Å²) in [6.07, 6.45) is 4.02. The van der Waals surface area contributed by atoms with Crippen molar-refractivity contribution in [3.8, 4) is 5.75 Å². The van der Waals surface area contributed by atoms with Crippen molar-refractivity contribution < 1.29 is 9.53 Å². The average Bonchev–Trinajstić information content (AvgIpc) is 2.89. The number of hydrogen-bond acceptors (Lipinski definition) is 2. The van der Waals surface area contributed by atoms with E-state index in [4.69, 9.17) is 4.74 Å². The Morgan fingerprint density at radius 2 is 1.94 bits per heavy atom. The number of carbonyl (C=O) groups excluding carboxylic acids is 1. The van der Waals surface area contributed by atoms with E-state index in [9.17, 15) is 4.79 Å². The van der Waals surface area contributed by atoms with E-state index in [-0.39, 0.29) is 5.91 Å². The maximum Gasteiger partial charge on any atom is 0.278 e. The Morgan fingerprint density at radius 1 is 1.29 bits per heavy atom. The molecule has 0 radical (unpaired) electrons. The number of ether oxygens (including phenoxy) is 1. The molecular formula is C13H16N2O2. The van der Waals surface area contributed by atoms with Gasteiger partial charge in [0.2, 0.25) is 0 Å². The molecule has 17 heavy (non-hydrogen) atoms. The first-order valence-electron chi connectivity index (χ1n) is 5.76. The van der Waals surface area contributed by atoms with Crippen molar-refractivity contribution in [3.63, 3.8) is 0 Å². The summed E-state index contributed by atoms with van der Waals surface area (Å²) < 4.78 is 5.03. The highest BCUT2D eigenvalue weighted by atomic mass is 16.5. The number of likely N-dealkylation sites (tertiary alicyclic amines) is 1. The average molecular weight is 232 g/mol. The van der Waals surface area contributed by atoms with Crippen molar-refractivity contribution in [1.29, 1.82) is 0 Å². The molecule has 0 saturated carbocycles. The fraction of sp³-hybridized carbons (Fsp3) is 0.385. The van der Waals surface area contributed by atoms with Crippen LogP contribution >= 0.6 is 0 Å². The molecule has 1 amide bonds. The van der Waals surface area contributed by atoms with Crippen LogP contribution in [0.25, 0.3) is 0 Å². The molecule has 0 unspecified atom stereocenters. The van der Waals surface area contributed by atoms with E-state index >= 15 is 0 Å². The van der Waals surface area contributed by atoms with Gasteiger partial charge in [-0.15, -0.1) is 0 Å². The molecule has 1 aromatic rings. The van der Waals surface area contributed by atoms with Crippen LogP contribution in [0.15, 0.2) is 29.3 Å². The predicted octanol–water partition coefficient (Wildman–Crippen LogP) is 1.96. The van der Waals surface area contributed by atoms with E-state index in [1.165, 1.54) is 12.8 Å². The summed E-state index contributed by atoms with van der Waals surface area (Å²) in [4.78, 5) is 17.8. The van der Waals surface area contributed by atoms with Crippen LogP contribution < -0.4 is 4.74 Å². The molecule has 1 heterocycles. The smallest absolute Gasteiger partial charge is 0.278 e. The highest BCUT2D eigenvalue weighted by Gasteiger charge is 2.08. The van der Waals surface area contributed by atoms with Gasteiger partial charge < -0.3 is 9.64 Å². The minimum absolute atomic E-state index is 0.209. The third kappa shape index (κ3) is 3.06. The second-order valence-corrected chi connectivity index (χ2v) is 4.02. The van der Waals surface area contributed by atoms with Gasteiger partial charge in [-0.1, -0.05) is 0 Å². The molecule has 2 rings (SSSR count). The summed E-state index contributed by atoms with van der Waals surface area (Å²) in [6, 6.07) is 6.97. The third-order valence-corrected chi connectivity index (χ3v) is 2.82. The van der Waals surface area contributed by atoms with E-state index in [2.05, 4.69) is 9.89 Å². The summed E-state index contributed by atoms with van der Waals surface area (Å²) >= 11 is 0. The molecular weight excluding hydrogens is 216 g/mol. The number of benzene rings is 1. The molecule has 0 spiro atoms. The van der Waals surface area contributed by atoms with Gasteiger partial charge in [-0.3, -0.25) is 4.79 Å². The molecule has 0 aromatic heterocycles. The predicted molar refractivity (Wildman–Crippen MR) is 66.6 cm³/mol. The molecule has 90 valence electrons. The summed E-state index contributed by atoms with van der Waals surface area (Å²) in [6.45, 7) is 2.00. The molecule has 1 saturated heterocycles. The zero-order chi connectivity index (χ0) is 12.1. The van der Waals surface area contributed by atoms with Crippen molar-refractivity contribution in [2.75, 3.05) is 20.2 Å². The van der Waals surface area contributed by atoms with Crippen LogP contribution in [-0.4, -0.2) is 37.3 Å². The van der Waals surface area contributed by atoms with Crippen LogP contribution in [-0.2, 0) is 0 Å². The fourth-order valence-electron chi connectivity index (χ4n) is 1.80. The van der Waals surface area contributed by atoms with Crippen LogP contribution in [0.4, 0.5) is 0 Å². The van der Waals surface area contributed by atoms with Gasteiger partial charge in [0.1, 0.15) is 5.75 Å². The highest BCUT2D eigenvalue weighted by Crippen LogP contribution is 2.12. The lowest BCUT2D eigenvalue weighted by atomic mass is 10.2. The van der Waals surface area contributed by atoms with Crippen molar-refractivity contribution in [2.24, 2.45) is 4.99 Å². The Labute approximate surface area is 101 Å². The van der Waals surface area contributed by atoms with Gasteiger partial charge in [-0.25, -0.2) is 0 Å². The summed E-state index contributed by atoms with van der Waals surface area (Å²) in [5.41, 5.74) is 0.584. The Bertz CT molecular complexity index is 406. The molecule has 0 aliphatic carbocycles. The second-order valence-electron chi connectivity index (χ2n) is 4.02. The SMILES string of the molecule is COc1ccc(C(=O)N=CN2CCCC2)cc1. The summed E-state index contributed by atoms with van der Waals surface area (Å²) in [5, 5.41) is 0. The molecule has 0 bridgehead atoms. The van der Waals surface area contributed by atoms with Gasteiger partial charge in [0, 0.05) is 18.7 Å². The Balaban J connectivity index is 1.98. The fourth-order valence-corrected chi connectivity index (χ4v) is 1.80. The molecule has 1 aromatic carbocycles. The zero-order valence-corrected chi connectivity index (χ0v) is 9.93. The van der Waals surface area contributed by atoms with Crippen molar-refractivity contribution in [1.82, 2.24) is 4.90 Å². The minimum Gasteiger partial charge on any atom is -0.497 e. The molecule has 1 fully saturated rings. The Kier molecular flexibility index (Phi) is 3.75. The zero-order valence-electron chi connectivity index (χ0n) is 9.93. The Hall–Kier alpha value is -1.84. The van der Waals surface area contributed by atoms with Gasteiger partial charge >= 0.3 is 0 Å². The molecule has 4 heteroatoms. The van der Waals surface area contributed by atoms with Crippen LogP contribution in [0.2, 0.25) is 0 Å². The van der Waals surface area contributed by atoms with Gasteiger partial charge in [-0.05, 0) is 37.1 Å². The number of hydrogen-bond donors (Lipinski definition) is 0. The van der Waals surface area contributed by atoms with E-state index in [1.807, 2.05) is 0 Å². The second kappa shape index (κ2) is 5.48. The third-order valence-electron chi connectivity index (χ3n) is 2.82. The largest absolute Gasteiger partial charge is 0.497 e.